The zero-order valence-corrected chi connectivity index (χ0v) is 12.4. The number of fused-ring (bicyclic) bond motifs is 7. The molecule has 0 saturated heterocycles. The summed E-state index contributed by atoms with van der Waals surface area (Å²) in [4.78, 5) is 3.69. The Morgan fingerprint density at radius 2 is 1.23 bits per heavy atom. The van der Waals surface area contributed by atoms with Crippen molar-refractivity contribution in [3.05, 3.63) is 72.3 Å². The highest BCUT2D eigenvalue weighted by Gasteiger charge is 2.09. The zero-order chi connectivity index (χ0) is 14.7. The number of aromatic amines is 1. The van der Waals surface area contributed by atoms with E-state index in [1.807, 2.05) is 0 Å². The van der Waals surface area contributed by atoms with E-state index in [-0.39, 0.29) is 0 Å². The number of nitrogens with one attached hydrogen (secondary N) is 1. The van der Waals surface area contributed by atoms with Gasteiger partial charge in [-0.2, -0.15) is 0 Å². The van der Waals surface area contributed by atoms with Gasteiger partial charge in [0.25, 0.3) is 0 Å². The van der Waals surface area contributed by atoms with Crippen LogP contribution < -0.4 is 0 Å². The van der Waals surface area contributed by atoms with E-state index < -0.39 is 0 Å². The largest absolute Gasteiger partial charge is 0.353 e. The molecule has 0 fully saturated rings. The number of aromatic nitrogens is 1. The lowest BCUT2D eigenvalue weighted by Crippen LogP contribution is -1.77. The summed E-state index contributed by atoms with van der Waals surface area (Å²) >= 11 is 0. The minimum absolute atomic E-state index is 1.24. The van der Waals surface area contributed by atoms with Gasteiger partial charge in [-0.25, -0.2) is 0 Å². The number of H-pyrrole nitrogens is 1. The predicted molar refractivity (Wildman–Crippen MR) is 95.6 cm³/mol. The standard InChI is InChI=1S/C21H15N/c1-13-6-7-15-9-11-18-17-10-8-14-4-2-3-5-16(14)20(17)22-21(18)19(15)12-13/h2-12,22H,1H3. The van der Waals surface area contributed by atoms with E-state index in [1.165, 1.54) is 48.9 Å². The molecule has 0 amide bonds. The highest BCUT2D eigenvalue weighted by molar-refractivity contribution is 6.22. The van der Waals surface area contributed by atoms with Crippen LogP contribution in [0.15, 0.2) is 66.7 Å². The third-order valence-corrected chi connectivity index (χ3v) is 4.65. The molecule has 1 nitrogen and oxygen atoms in total. The molecule has 4 aromatic carbocycles. The Bertz CT molecular complexity index is 1180. The second-order valence-electron chi connectivity index (χ2n) is 6.05. The van der Waals surface area contributed by atoms with Crippen molar-refractivity contribution in [2.45, 2.75) is 6.92 Å². The summed E-state index contributed by atoms with van der Waals surface area (Å²) in [6.07, 6.45) is 0. The molecular weight excluding hydrogens is 266 g/mol. The summed E-state index contributed by atoms with van der Waals surface area (Å²) in [6.45, 7) is 2.15. The SMILES string of the molecule is Cc1ccc2ccc3c4ccc5ccccc5c4[nH]c3c2c1. The summed E-state index contributed by atoms with van der Waals surface area (Å²) < 4.78 is 0. The zero-order valence-electron chi connectivity index (χ0n) is 12.4. The van der Waals surface area contributed by atoms with Gasteiger partial charge in [0.05, 0.1) is 11.0 Å². The molecule has 1 heterocycles. The van der Waals surface area contributed by atoms with Gasteiger partial charge in [-0.05, 0) is 23.8 Å². The first kappa shape index (κ1) is 11.8. The van der Waals surface area contributed by atoms with E-state index >= 15 is 0 Å². The maximum absolute atomic E-state index is 3.69. The summed E-state index contributed by atoms with van der Waals surface area (Å²) in [5.74, 6) is 0. The van der Waals surface area contributed by atoms with Crippen LogP contribution in [0, 0.1) is 6.92 Å². The van der Waals surface area contributed by atoms with Gasteiger partial charge in [-0.3, -0.25) is 0 Å². The number of rotatable bonds is 0. The predicted octanol–water partition coefficient (Wildman–Crippen LogP) is 5.94. The Kier molecular flexibility index (Phi) is 2.21. The second-order valence-corrected chi connectivity index (χ2v) is 6.05. The monoisotopic (exact) mass is 281 g/mol. The van der Waals surface area contributed by atoms with Crippen LogP contribution in [0.3, 0.4) is 0 Å². The molecule has 22 heavy (non-hydrogen) atoms. The molecule has 1 aromatic heterocycles. The lowest BCUT2D eigenvalue weighted by Gasteiger charge is -2.01. The van der Waals surface area contributed by atoms with Crippen LogP contribution in [0.4, 0.5) is 0 Å². The summed E-state index contributed by atoms with van der Waals surface area (Å²) in [5, 5.41) is 7.77. The number of hydrogen-bond acceptors (Lipinski definition) is 0. The third-order valence-electron chi connectivity index (χ3n) is 4.65. The molecule has 0 aliphatic heterocycles. The van der Waals surface area contributed by atoms with Crippen LogP contribution in [0.1, 0.15) is 5.56 Å². The van der Waals surface area contributed by atoms with Gasteiger partial charge in [-0.15, -0.1) is 0 Å². The van der Waals surface area contributed by atoms with Crippen molar-refractivity contribution >= 4 is 43.4 Å². The highest BCUT2D eigenvalue weighted by atomic mass is 14.7. The molecule has 0 aliphatic rings. The Hall–Kier alpha value is -2.80. The van der Waals surface area contributed by atoms with E-state index in [0.29, 0.717) is 0 Å². The molecule has 0 saturated carbocycles. The number of hydrogen-bond donors (Lipinski definition) is 1. The minimum Gasteiger partial charge on any atom is -0.353 e. The van der Waals surface area contributed by atoms with E-state index in [0.717, 1.165) is 0 Å². The Morgan fingerprint density at radius 3 is 2.05 bits per heavy atom. The molecular formula is C21H15N. The van der Waals surface area contributed by atoms with E-state index in [4.69, 9.17) is 0 Å². The molecule has 5 aromatic rings. The van der Waals surface area contributed by atoms with Crippen LogP contribution >= 0.6 is 0 Å². The minimum atomic E-state index is 1.24. The van der Waals surface area contributed by atoms with Crippen molar-refractivity contribution in [3.8, 4) is 0 Å². The Balaban J connectivity index is 2.07. The molecule has 5 rings (SSSR count). The van der Waals surface area contributed by atoms with Gasteiger partial charge in [-0.1, -0.05) is 66.2 Å². The molecule has 0 unspecified atom stereocenters. The van der Waals surface area contributed by atoms with Crippen LogP contribution in [-0.2, 0) is 0 Å². The van der Waals surface area contributed by atoms with Crippen molar-refractivity contribution < 1.29 is 0 Å². The van der Waals surface area contributed by atoms with Crippen molar-refractivity contribution in [2.24, 2.45) is 0 Å². The topological polar surface area (TPSA) is 15.8 Å². The molecule has 0 radical (unpaired) electrons. The maximum atomic E-state index is 3.69. The third kappa shape index (κ3) is 1.48. The lowest BCUT2D eigenvalue weighted by atomic mass is 10.0. The highest BCUT2D eigenvalue weighted by Crippen LogP contribution is 2.34. The normalized spacial score (nSPS) is 11.9. The van der Waals surface area contributed by atoms with E-state index in [2.05, 4.69) is 78.6 Å². The number of benzene rings is 4. The van der Waals surface area contributed by atoms with Crippen LogP contribution in [-0.4, -0.2) is 4.98 Å². The van der Waals surface area contributed by atoms with Gasteiger partial charge in [0.15, 0.2) is 0 Å². The molecule has 0 aliphatic carbocycles. The molecule has 0 spiro atoms. The average molecular weight is 281 g/mol. The first-order valence-corrected chi connectivity index (χ1v) is 7.64. The van der Waals surface area contributed by atoms with Gasteiger partial charge < -0.3 is 4.98 Å². The summed E-state index contributed by atoms with van der Waals surface area (Å²) in [7, 11) is 0. The molecule has 104 valence electrons. The molecule has 1 heteroatoms. The maximum Gasteiger partial charge on any atom is 0.0544 e. The summed E-state index contributed by atoms with van der Waals surface area (Å²) in [5.41, 5.74) is 3.78. The van der Waals surface area contributed by atoms with Crippen molar-refractivity contribution in [1.82, 2.24) is 4.98 Å². The Morgan fingerprint density at radius 1 is 0.591 bits per heavy atom. The molecule has 1 N–H and O–H groups in total. The quantitative estimate of drug-likeness (QED) is 0.362. The smallest absolute Gasteiger partial charge is 0.0544 e. The first-order valence-electron chi connectivity index (χ1n) is 7.64. The lowest BCUT2D eigenvalue weighted by molar-refractivity contribution is 1.50. The van der Waals surface area contributed by atoms with Crippen molar-refractivity contribution in [3.63, 3.8) is 0 Å². The molecule has 0 bridgehead atoms. The van der Waals surface area contributed by atoms with Crippen LogP contribution in [0.5, 0.6) is 0 Å². The second kappa shape index (κ2) is 4.11. The molecule has 0 atom stereocenters. The van der Waals surface area contributed by atoms with E-state index in [1.54, 1.807) is 0 Å². The Labute approximate surface area is 128 Å². The first-order chi connectivity index (χ1) is 10.8. The number of aryl methyl sites for hydroxylation is 1. The van der Waals surface area contributed by atoms with Gasteiger partial charge in [0.2, 0.25) is 0 Å². The summed E-state index contributed by atoms with van der Waals surface area (Å²) in [6, 6.07) is 24.1. The van der Waals surface area contributed by atoms with E-state index in [9.17, 15) is 0 Å². The fourth-order valence-electron chi connectivity index (χ4n) is 3.55. The van der Waals surface area contributed by atoms with Crippen molar-refractivity contribution in [2.75, 3.05) is 0 Å². The van der Waals surface area contributed by atoms with Crippen LogP contribution in [0.2, 0.25) is 0 Å². The fourth-order valence-corrected chi connectivity index (χ4v) is 3.55. The average Bonchev–Trinajstić information content (AvgIpc) is 2.94. The van der Waals surface area contributed by atoms with Gasteiger partial charge >= 0.3 is 0 Å². The van der Waals surface area contributed by atoms with Gasteiger partial charge in [0.1, 0.15) is 0 Å². The fraction of sp³-hybridized carbons (Fsp3) is 0.0476. The van der Waals surface area contributed by atoms with Gasteiger partial charge in [0, 0.05) is 21.5 Å². The van der Waals surface area contributed by atoms with Crippen LogP contribution in [0.25, 0.3) is 43.4 Å². The van der Waals surface area contributed by atoms with Crippen molar-refractivity contribution in [1.29, 1.82) is 0 Å².